The van der Waals surface area contributed by atoms with Crippen LogP contribution >= 0.6 is 0 Å². The van der Waals surface area contributed by atoms with Gasteiger partial charge in [0.15, 0.2) is 0 Å². The second-order valence-corrected chi connectivity index (χ2v) is 6.78. The number of amides is 1. The van der Waals surface area contributed by atoms with Crippen LogP contribution in [0.1, 0.15) is 52.9 Å². The molecule has 0 aromatic rings. The summed E-state index contributed by atoms with van der Waals surface area (Å²) >= 11 is 0. The highest BCUT2D eigenvalue weighted by atomic mass is 16.2. The van der Waals surface area contributed by atoms with Gasteiger partial charge in [-0.05, 0) is 50.9 Å². The zero-order valence-electron chi connectivity index (χ0n) is 12.1. The standard InChI is InChI=1S/C15H28N2O/c1-10-4-5-17(12(3)6-10)15(18)13-7-11(2)8-14(16)9-13/h10-14H,4-9,16H2,1-3H3. The summed E-state index contributed by atoms with van der Waals surface area (Å²) in [7, 11) is 0. The van der Waals surface area contributed by atoms with Gasteiger partial charge in [-0.2, -0.15) is 0 Å². The second-order valence-electron chi connectivity index (χ2n) is 6.78. The molecule has 0 aromatic heterocycles. The lowest BCUT2D eigenvalue weighted by atomic mass is 9.78. The molecule has 18 heavy (non-hydrogen) atoms. The van der Waals surface area contributed by atoms with E-state index in [1.807, 2.05) is 0 Å². The second kappa shape index (κ2) is 5.60. The fraction of sp³-hybridized carbons (Fsp3) is 0.933. The number of carbonyl (C=O) groups is 1. The smallest absolute Gasteiger partial charge is 0.225 e. The van der Waals surface area contributed by atoms with E-state index in [2.05, 4.69) is 25.7 Å². The topological polar surface area (TPSA) is 46.3 Å². The lowest BCUT2D eigenvalue weighted by molar-refractivity contribution is -0.141. The zero-order chi connectivity index (χ0) is 13.3. The molecule has 2 rings (SSSR count). The monoisotopic (exact) mass is 252 g/mol. The molecule has 5 atom stereocenters. The quantitative estimate of drug-likeness (QED) is 0.779. The van der Waals surface area contributed by atoms with Gasteiger partial charge >= 0.3 is 0 Å². The Balaban J connectivity index is 1.98. The maximum atomic E-state index is 12.6. The Labute approximate surface area is 111 Å². The predicted octanol–water partition coefficient (Wildman–Crippen LogP) is 2.40. The van der Waals surface area contributed by atoms with E-state index in [4.69, 9.17) is 5.73 Å². The van der Waals surface area contributed by atoms with Crippen molar-refractivity contribution in [2.24, 2.45) is 23.5 Å². The van der Waals surface area contributed by atoms with Crippen molar-refractivity contribution in [3.63, 3.8) is 0 Å². The van der Waals surface area contributed by atoms with Gasteiger partial charge in [0, 0.05) is 24.5 Å². The van der Waals surface area contributed by atoms with E-state index in [0.717, 1.165) is 44.6 Å². The first kappa shape index (κ1) is 13.9. The molecule has 2 N–H and O–H groups in total. The summed E-state index contributed by atoms with van der Waals surface area (Å²) in [6.07, 6.45) is 5.31. The minimum Gasteiger partial charge on any atom is -0.340 e. The minimum absolute atomic E-state index is 0.180. The molecule has 1 aliphatic heterocycles. The Morgan fingerprint density at radius 3 is 2.39 bits per heavy atom. The van der Waals surface area contributed by atoms with Gasteiger partial charge in [0.1, 0.15) is 0 Å². The average molecular weight is 252 g/mol. The molecule has 3 nitrogen and oxygen atoms in total. The van der Waals surface area contributed by atoms with Crippen LogP contribution < -0.4 is 5.73 Å². The third-order valence-electron chi connectivity index (χ3n) is 4.75. The average Bonchev–Trinajstić information content (AvgIpc) is 2.26. The number of carbonyl (C=O) groups excluding carboxylic acids is 1. The first-order chi connectivity index (χ1) is 8.47. The van der Waals surface area contributed by atoms with Crippen LogP contribution in [0.25, 0.3) is 0 Å². The summed E-state index contributed by atoms with van der Waals surface area (Å²) in [5.74, 6) is 1.91. The first-order valence-electron chi connectivity index (χ1n) is 7.53. The lowest BCUT2D eigenvalue weighted by Crippen LogP contribution is -2.49. The van der Waals surface area contributed by atoms with Crippen molar-refractivity contribution in [2.45, 2.75) is 65.0 Å². The van der Waals surface area contributed by atoms with Gasteiger partial charge in [-0.1, -0.05) is 13.8 Å². The van der Waals surface area contributed by atoms with Gasteiger partial charge < -0.3 is 10.6 Å². The van der Waals surface area contributed by atoms with E-state index >= 15 is 0 Å². The summed E-state index contributed by atoms with van der Waals surface area (Å²) < 4.78 is 0. The third-order valence-corrected chi connectivity index (χ3v) is 4.75. The zero-order valence-corrected chi connectivity index (χ0v) is 12.1. The van der Waals surface area contributed by atoms with E-state index < -0.39 is 0 Å². The molecule has 0 bridgehead atoms. The van der Waals surface area contributed by atoms with E-state index in [1.54, 1.807) is 0 Å². The van der Waals surface area contributed by atoms with Crippen LogP contribution in [0.3, 0.4) is 0 Å². The SMILES string of the molecule is CC1CC(N)CC(C(=O)N2CCC(C)CC2C)C1. The van der Waals surface area contributed by atoms with Crippen molar-refractivity contribution in [3.8, 4) is 0 Å². The summed E-state index contributed by atoms with van der Waals surface area (Å²) in [6, 6.07) is 0.636. The molecule has 1 amide bonds. The summed E-state index contributed by atoms with van der Waals surface area (Å²) in [5.41, 5.74) is 6.07. The largest absolute Gasteiger partial charge is 0.340 e. The number of nitrogens with zero attached hydrogens (tertiary/aromatic N) is 1. The van der Waals surface area contributed by atoms with Crippen LogP contribution in [0.2, 0.25) is 0 Å². The molecule has 0 radical (unpaired) electrons. The van der Waals surface area contributed by atoms with Crippen LogP contribution in [0.5, 0.6) is 0 Å². The molecule has 2 aliphatic rings. The van der Waals surface area contributed by atoms with Crippen LogP contribution in [-0.2, 0) is 4.79 Å². The molecule has 0 spiro atoms. The van der Waals surface area contributed by atoms with Gasteiger partial charge in [-0.3, -0.25) is 4.79 Å². The van der Waals surface area contributed by atoms with Crippen LogP contribution in [0, 0.1) is 17.8 Å². The Bertz CT molecular complexity index is 295. The fourth-order valence-electron chi connectivity index (χ4n) is 3.83. The van der Waals surface area contributed by atoms with Crippen LogP contribution in [0.15, 0.2) is 0 Å². The van der Waals surface area contributed by atoms with Gasteiger partial charge in [0.25, 0.3) is 0 Å². The number of rotatable bonds is 1. The van der Waals surface area contributed by atoms with Gasteiger partial charge in [0.2, 0.25) is 5.91 Å². The summed E-state index contributed by atoms with van der Waals surface area (Å²) in [6.45, 7) is 7.65. The molecule has 1 heterocycles. The third kappa shape index (κ3) is 3.05. The molecule has 0 aromatic carbocycles. The fourth-order valence-corrected chi connectivity index (χ4v) is 3.83. The molecule has 104 valence electrons. The summed E-state index contributed by atoms with van der Waals surface area (Å²) in [4.78, 5) is 14.8. The molecule has 1 saturated heterocycles. The molecule has 1 aliphatic carbocycles. The van der Waals surface area contributed by atoms with Crippen molar-refractivity contribution in [1.29, 1.82) is 0 Å². The first-order valence-corrected chi connectivity index (χ1v) is 7.53. The van der Waals surface area contributed by atoms with Gasteiger partial charge in [-0.25, -0.2) is 0 Å². The predicted molar refractivity (Wildman–Crippen MR) is 74.1 cm³/mol. The Kier molecular flexibility index (Phi) is 4.31. The Hall–Kier alpha value is -0.570. The van der Waals surface area contributed by atoms with E-state index in [1.165, 1.54) is 0 Å². The van der Waals surface area contributed by atoms with Gasteiger partial charge in [0.05, 0.1) is 0 Å². The minimum atomic E-state index is 0.180. The number of likely N-dealkylation sites (tertiary alicyclic amines) is 1. The van der Waals surface area contributed by atoms with E-state index in [9.17, 15) is 4.79 Å². The molecular formula is C15H28N2O. The Morgan fingerprint density at radius 2 is 1.78 bits per heavy atom. The van der Waals surface area contributed by atoms with Crippen LogP contribution in [-0.4, -0.2) is 29.4 Å². The van der Waals surface area contributed by atoms with Crippen molar-refractivity contribution >= 4 is 5.91 Å². The number of hydrogen-bond donors (Lipinski definition) is 1. The maximum Gasteiger partial charge on any atom is 0.225 e. The lowest BCUT2D eigenvalue weighted by Gasteiger charge is -2.40. The highest BCUT2D eigenvalue weighted by Crippen LogP contribution is 2.32. The number of nitrogens with two attached hydrogens (primary N) is 1. The molecule has 3 heteroatoms. The number of piperidine rings is 1. The molecule has 1 saturated carbocycles. The maximum absolute atomic E-state index is 12.6. The highest BCUT2D eigenvalue weighted by Gasteiger charge is 2.35. The van der Waals surface area contributed by atoms with E-state index in [0.29, 0.717) is 17.9 Å². The van der Waals surface area contributed by atoms with Crippen molar-refractivity contribution in [1.82, 2.24) is 4.90 Å². The van der Waals surface area contributed by atoms with E-state index in [-0.39, 0.29) is 12.0 Å². The molecule has 2 fully saturated rings. The highest BCUT2D eigenvalue weighted by molar-refractivity contribution is 5.79. The van der Waals surface area contributed by atoms with Crippen molar-refractivity contribution < 1.29 is 4.79 Å². The molecule has 5 unspecified atom stereocenters. The van der Waals surface area contributed by atoms with Crippen molar-refractivity contribution in [2.75, 3.05) is 6.54 Å². The molecular weight excluding hydrogens is 224 g/mol. The van der Waals surface area contributed by atoms with Crippen LogP contribution in [0.4, 0.5) is 0 Å². The Morgan fingerprint density at radius 1 is 1.06 bits per heavy atom. The van der Waals surface area contributed by atoms with Crippen molar-refractivity contribution in [3.05, 3.63) is 0 Å². The number of hydrogen-bond acceptors (Lipinski definition) is 2. The van der Waals surface area contributed by atoms with Gasteiger partial charge in [-0.15, -0.1) is 0 Å². The normalized spacial score (nSPS) is 41.8. The summed E-state index contributed by atoms with van der Waals surface area (Å²) in [5, 5.41) is 0.